The number of aliphatic hydroxyl groups excluding tert-OH is 7. The second kappa shape index (κ2) is 9.62. The van der Waals surface area contributed by atoms with E-state index in [1.54, 1.807) is 0 Å². The molecular formula is C11H23O13P. The van der Waals surface area contributed by atoms with E-state index in [4.69, 9.17) is 29.5 Å². The van der Waals surface area contributed by atoms with Crippen LogP contribution < -0.4 is 0 Å². The minimum atomic E-state index is -4.97. The Labute approximate surface area is 141 Å². The average Bonchev–Trinajstić information content (AvgIpc) is 2.56. The van der Waals surface area contributed by atoms with Crippen LogP contribution in [0.1, 0.15) is 0 Å². The maximum atomic E-state index is 10.8. The van der Waals surface area contributed by atoms with E-state index in [0.717, 1.165) is 0 Å². The molecule has 1 aliphatic rings. The second-order valence-electron chi connectivity index (χ2n) is 5.40. The van der Waals surface area contributed by atoms with Crippen molar-refractivity contribution in [1.82, 2.24) is 0 Å². The zero-order valence-corrected chi connectivity index (χ0v) is 13.7. The van der Waals surface area contributed by atoms with Crippen molar-refractivity contribution in [3.8, 4) is 0 Å². The molecular weight excluding hydrogens is 371 g/mol. The van der Waals surface area contributed by atoms with Crippen LogP contribution in [-0.4, -0.2) is 114 Å². The van der Waals surface area contributed by atoms with Gasteiger partial charge in [0, 0.05) is 0 Å². The molecule has 0 aromatic carbocycles. The highest BCUT2D eigenvalue weighted by Gasteiger charge is 2.46. The van der Waals surface area contributed by atoms with Gasteiger partial charge in [0.2, 0.25) is 0 Å². The normalized spacial score (nSPS) is 34.5. The number of aliphatic hydroxyl groups is 7. The van der Waals surface area contributed by atoms with Gasteiger partial charge >= 0.3 is 7.82 Å². The van der Waals surface area contributed by atoms with Gasteiger partial charge in [-0.05, 0) is 0 Å². The predicted octanol–water partition coefficient (Wildman–Crippen LogP) is -5.01. The summed E-state index contributed by atoms with van der Waals surface area (Å²) in [6, 6.07) is 0. The van der Waals surface area contributed by atoms with E-state index in [2.05, 4.69) is 4.52 Å². The number of rotatable bonds is 9. The van der Waals surface area contributed by atoms with Gasteiger partial charge in [-0.2, -0.15) is 0 Å². The van der Waals surface area contributed by atoms with Crippen LogP contribution in [0.2, 0.25) is 0 Å². The number of phosphoric acid groups is 1. The molecule has 0 radical (unpaired) electrons. The molecule has 0 saturated carbocycles. The van der Waals surface area contributed by atoms with Crippen molar-refractivity contribution in [2.45, 2.75) is 49.0 Å². The van der Waals surface area contributed by atoms with E-state index in [-0.39, 0.29) is 0 Å². The van der Waals surface area contributed by atoms with Gasteiger partial charge in [-0.3, -0.25) is 4.52 Å². The Bertz CT molecular complexity index is 442. The first-order chi connectivity index (χ1) is 11.5. The molecule has 1 aliphatic heterocycles. The lowest BCUT2D eigenvalue weighted by Crippen LogP contribution is -2.60. The standard InChI is InChI=1S/C11H23O13P/c12-1-4(14)7(15)6(3-22-25(19,20)21)24-11-10(18)9(17)8(16)5(2-13)23-11/h4-18H,1-3H2,(H2,19,20,21). The molecule has 13 nitrogen and oxygen atoms in total. The van der Waals surface area contributed by atoms with Gasteiger partial charge in [0.05, 0.1) is 19.8 Å². The van der Waals surface area contributed by atoms with Crippen LogP contribution >= 0.6 is 7.82 Å². The molecule has 0 aromatic rings. The molecule has 1 heterocycles. The van der Waals surface area contributed by atoms with Gasteiger partial charge in [-0.1, -0.05) is 0 Å². The van der Waals surface area contributed by atoms with Crippen molar-refractivity contribution in [3.05, 3.63) is 0 Å². The summed E-state index contributed by atoms with van der Waals surface area (Å²) in [6.45, 7) is -2.65. The quantitative estimate of drug-likeness (QED) is 0.167. The zero-order chi connectivity index (χ0) is 19.4. The largest absolute Gasteiger partial charge is 0.469 e. The first-order valence-electron chi connectivity index (χ1n) is 7.14. The van der Waals surface area contributed by atoms with E-state index in [1.165, 1.54) is 0 Å². The second-order valence-corrected chi connectivity index (χ2v) is 6.64. The Morgan fingerprint density at radius 2 is 1.64 bits per heavy atom. The molecule has 25 heavy (non-hydrogen) atoms. The molecule has 1 fully saturated rings. The Hall–Kier alpha value is -0.250. The summed E-state index contributed by atoms with van der Waals surface area (Å²) < 4.78 is 25.1. The van der Waals surface area contributed by atoms with E-state index < -0.39 is 76.7 Å². The topological polar surface area (TPSA) is 227 Å². The summed E-state index contributed by atoms with van der Waals surface area (Å²) in [5, 5.41) is 66.4. The fourth-order valence-corrected chi connectivity index (χ4v) is 2.44. The summed E-state index contributed by atoms with van der Waals surface area (Å²) in [5.74, 6) is 0. The van der Waals surface area contributed by atoms with E-state index in [9.17, 15) is 30.1 Å². The van der Waals surface area contributed by atoms with Crippen molar-refractivity contribution < 1.29 is 64.1 Å². The van der Waals surface area contributed by atoms with Crippen LogP contribution in [0.5, 0.6) is 0 Å². The molecule has 8 atom stereocenters. The summed E-state index contributed by atoms with van der Waals surface area (Å²) in [7, 11) is -4.97. The van der Waals surface area contributed by atoms with Gasteiger partial charge in [0.25, 0.3) is 0 Å². The van der Waals surface area contributed by atoms with E-state index in [1.807, 2.05) is 0 Å². The molecule has 9 N–H and O–H groups in total. The number of ether oxygens (including phenoxy) is 2. The SMILES string of the molecule is O=P(O)(O)OCC(OC1OC(CO)C(O)C(O)C1O)C(O)C(O)CO. The Morgan fingerprint density at radius 3 is 2.12 bits per heavy atom. The van der Waals surface area contributed by atoms with Gasteiger partial charge < -0.3 is 55.0 Å². The first-order valence-corrected chi connectivity index (χ1v) is 8.68. The maximum Gasteiger partial charge on any atom is 0.469 e. The lowest BCUT2D eigenvalue weighted by atomic mass is 9.99. The van der Waals surface area contributed by atoms with Gasteiger partial charge in [0.1, 0.15) is 42.7 Å². The Kier molecular flexibility index (Phi) is 8.77. The van der Waals surface area contributed by atoms with Crippen LogP contribution in [0.4, 0.5) is 0 Å². The third-order valence-corrected chi connectivity index (χ3v) is 4.01. The molecule has 1 saturated heterocycles. The van der Waals surface area contributed by atoms with Crippen LogP contribution in [0, 0.1) is 0 Å². The minimum absolute atomic E-state index is 0.754. The molecule has 0 aromatic heterocycles. The van der Waals surface area contributed by atoms with Crippen molar-refractivity contribution >= 4 is 7.82 Å². The summed E-state index contributed by atoms with van der Waals surface area (Å²) in [6.07, 6.45) is -13.8. The van der Waals surface area contributed by atoms with Crippen molar-refractivity contribution in [1.29, 1.82) is 0 Å². The molecule has 8 unspecified atom stereocenters. The predicted molar refractivity (Wildman–Crippen MR) is 75.7 cm³/mol. The van der Waals surface area contributed by atoms with Crippen LogP contribution in [0.15, 0.2) is 0 Å². The van der Waals surface area contributed by atoms with E-state index >= 15 is 0 Å². The number of hydrogen-bond donors (Lipinski definition) is 9. The van der Waals surface area contributed by atoms with Gasteiger partial charge in [0.15, 0.2) is 6.29 Å². The highest BCUT2D eigenvalue weighted by atomic mass is 31.2. The Balaban J connectivity index is 2.88. The van der Waals surface area contributed by atoms with E-state index in [0.29, 0.717) is 0 Å². The zero-order valence-electron chi connectivity index (χ0n) is 12.8. The van der Waals surface area contributed by atoms with Crippen LogP contribution in [0.3, 0.4) is 0 Å². The van der Waals surface area contributed by atoms with Crippen LogP contribution in [-0.2, 0) is 18.6 Å². The van der Waals surface area contributed by atoms with Crippen molar-refractivity contribution in [2.24, 2.45) is 0 Å². The number of hydrogen-bond acceptors (Lipinski definition) is 11. The molecule has 150 valence electrons. The fraction of sp³-hybridized carbons (Fsp3) is 1.00. The molecule has 14 heteroatoms. The fourth-order valence-electron chi connectivity index (χ4n) is 2.10. The van der Waals surface area contributed by atoms with Gasteiger partial charge in [-0.15, -0.1) is 0 Å². The first kappa shape index (κ1) is 22.8. The smallest absolute Gasteiger partial charge is 0.394 e. The molecule has 0 spiro atoms. The molecule has 0 aliphatic carbocycles. The average molecular weight is 394 g/mol. The highest BCUT2D eigenvalue weighted by molar-refractivity contribution is 7.46. The molecule has 1 rings (SSSR count). The van der Waals surface area contributed by atoms with Crippen molar-refractivity contribution in [3.63, 3.8) is 0 Å². The third-order valence-electron chi connectivity index (χ3n) is 3.53. The maximum absolute atomic E-state index is 10.8. The lowest BCUT2D eigenvalue weighted by Gasteiger charge is -2.41. The highest BCUT2D eigenvalue weighted by Crippen LogP contribution is 2.36. The van der Waals surface area contributed by atoms with Crippen molar-refractivity contribution in [2.75, 3.05) is 19.8 Å². The molecule has 0 amide bonds. The summed E-state index contributed by atoms with van der Waals surface area (Å²) in [4.78, 5) is 17.4. The monoisotopic (exact) mass is 394 g/mol. The summed E-state index contributed by atoms with van der Waals surface area (Å²) >= 11 is 0. The number of phosphoric ester groups is 1. The van der Waals surface area contributed by atoms with Gasteiger partial charge in [-0.25, -0.2) is 4.57 Å². The lowest BCUT2D eigenvalue weighted by molar-refractivity contribution is -0.321. The summed E-state index contributed by atoms with van der Waals surface area (Å²) in [5.41, 5.74) is 0. The minimum Gasteiger partial charge on any atom is -0.394 e. The third kappa shape index (κ3) is 6.45. The Morgan fingerprint density at radius 1 is 1.04 bits per heavy atom. The van der Waals surface area contributed by atoms with Crippen LogP contribution in [0.25, 0.3) is 0 Å². The molecule has 0 bridgehead atoms.